The Balaban J connectivity index is 0.000000243. The van der Waals surface area contributed by atoms with E-state index in [1.165, 1.54) is 6.42 Å². The van der Waals surface area contributed by atoms with Crippen LogP contribution < -0.4 is 11.5 Å². The van der Waals surface area contributed by atoms with Crippen molar-refractivity contribution in [2.24, 2.45) is 23.3 Å². The van der Waals surface area contributed by atoms with Gasteiger partial charge in [-0.25, -0.2) is 9.59 Å². The maximum absolute atomic E-state index is 10.7. The Morgan fingerprint density at radius 2 is 1.25 bits per heavy atom. The van der Waals surface area contributed by atoms with Crippen LogP contribution >= 0.6 is 0 Å². The topological polar surface area (TPSA) is 130 Å². The first-order valence-electron chi connectivity index (χ1n) is 8.64. The number of amides is 4. The van der Waals surface area contributed by atoms with Gasteiger partial charge >= 0.3 is 18.0 Å². The molecule has 2 saturated heterocycles. The molecule has 5 N–H and O–H groups in total. The van der Waals surface area contributed by atoms with Crippen molar-refractivity contribution < 1.29 is 19.5 Å². The van der Waals surface area contributed by atoms with Gasteiger partial charge in [0.1, 0.15) is 0 Å². The molecular formula is C16H30N4O4. The molecule has 0 aromatic carbocycles. The summed E-state index contributed by atoms with van der Waals surface area (Å²) in [6.45, 7) is 5.09. The van der Waals surface area contributed by atoms with Crippen LogP contribution in [-0.4, -0.2) is 59.1 Å². The predicted molar refractivity (Wildman–Crippen MR) is 90.3 cm³/mol. The highest BCUT2D eigenvalue weighted by molar-refractivity contribution is 5.72. The molecule has 2 aliphatic heterocycles. The first kappa shape index (κ1) is 20.1. The van der Waals surface area contributed by atoms with E-state index in [0.717, 1.165) is 44.7 Å². The molecular weight excluding hydrogens is 312 g/mol. The van der Waals surface area contributed by atoms with Gasteiger partial charge in [0.15, 0.2) is 0 Å². The summed E-state index contributed by atoms with van der Waals surface area (Å²) in [7, 11) is 0. The van der Waals surface area contributed by atoms with Gasteiger partial charge in [0.25, 0.3) is 0 Å². The fraction of sp³-hybridized carbons (Fsp3) is 0.812. The van der Waals surface area contributed by atoms with Crippen LogP contribution in [0.5, 0.6) is 0 Å². The standard InChI is InChI=1S/C8H14N2O3.C8H16N2O/c9-8(13)10-3-1-6(2-4-10)5-7(11)12;1-2-7-3-5-10(6-4-7)8(9)11/h6H,1-5H2,(H2,9,13)(H,11,12);7H,2-6H2,1H3,(H2,9,11). The molecule has 2 rings (SSSR count). The van der Waals surface area contributed by atoms with Gasteiger partial charge in [-0.15, -0.1) is 0 Å². The average Bonchev–Trinajstić information content (AvgIpc) is 2.55. The third-order valence-corrected chi connectivity index (χ3v) is 4.89. The van der Waals surface area contributed by atoms with E-state index >= 15 is 0 Å². The van der Waals surface area contributed by atoms with Crippen LogP contribution in [0, 0.1) is 11.8 Å². The first-order chi connectivity index (χ1) is 11.3. The Kier molecular flexibility index (Phi) is 8.35. The molecule has 0 aromatic rings. The monoisotopic (exact) mass is 342 g/mol. The van der Waals surface area contributed by atoms with Crippen molar-refractivity contribution in [2.45, 2.75) is 45.4 Å². The number of piperidine rings is 2. The number of primary amides is 2. The van der Waals surface area contributed by atoms with Gasteiger partial charge in [0.2, 0.25) is 0 Å². The highest BCUT2D eigenvalue weighted by Gasteiger charge is 2.22. The van der Waals surface area contributed by atoms with Crippen LogP contribution in [0.3, 0.4) is 0 Å². The number of likely N-dealkylation sites (tertiary alicyclic amines) is 2. The molecule has 0 aliphatic carbocycles. The molecule has 24 heavy (non-hydrogen) atoms. The number of hydrogen-bond donors (Lipinski definition) is 3. The van der Waals surface area contributed by atoms with Crippen LogP contribution in [0.2, 0.25) is 0 Å². The van der Waals surface area contributed by atoms with Crippen molar-refractivity contribution in [2.75, 3.05) is 26.2 Å². The molecule has 0 radical (unpaired) electrons. The number of carbonyl (C=O) groups excluding carboxylic acids is 2. The van der Waals surface area contributed by atoms with E-state index in [4.69, 9.17) is 16.6 Å². The molecule has 2 aliphatic rings. The second-order valence-corrected chi connectivity index (χ2v) is 6.54. The SMILES string of the molecule is CCC1CCN(C(N)=O)CC1.NC(=O)N1CCC(CC(=O)O)CC1. The van der Waals surface area contributed by atoms with E-state index in [2.05, 4.69) is 6.92 Å². The van der Waals surface area contributed by atoms with Crippen LogP contribution in [0.15, 0.2) is 0 Å². The van der Waals surface area contributed by atoms with Gasteiger partial charge < -0.3 is 26.4 Å². The summed E-state index contributed by atoms with van der Waals surface area (Å²) >= 11 is 0. The third-order valence-electron chi connectivity index (χ3n) is 4.89. The van der Waals surface area contributed by atoms with Gasteiger partial charge in [-0.2, -0.15) is 0 Å². The molecule has 0 spiro atoms. The molecule has 2 heterocycles. The van der Waals surface area contributed by atoms with Crippen LogP contribution in [0.25, 0.3) is 0 Å². The van der Waals surface area contributed by atoms with E-state index in [-0.39, 0.29) is 18.4 Å². The Morgan fingerprint density at radius 3 is 1.54 bits per heavy atom. The van der Waals surface area contributed by atoms with E-state index in [0.29, 0.717) is 13.1 Å². The van der Waals surface area contributed by atoms with Gasteiger partial charge in [-0.3, -0.25) is 4.79 Å². The highest BCUT2D eigenvalue weighted by atomic mass is 16.4. The zero-order chi connectivity index (χ0) is 18.1. The Morgan fingerprint density at radius 1 is 0.875 bits per heavy atom. The van der Waals surface area contributed by atoms with E-state index in [9.17, 15) is 14.4 Å². The van der Waals surface area contributed by atoms with E-state index < -0.39 is 12.0 Å². The van der Waals surface area contributed by atoms with E-state index in [1.807, 2.05) is 0 Å². The summed E-state index contributed by atoms with van der Waals surface area (Å²) < 4.78 is 0. The van der Waals surface area contributed by atoms with Gasteiger partial charge in [-0.05, 0) is 37.5 Å². The minimum absolute atomic E-state index is 0.201. The molecule has 0 bridgehead atoms. The lowest BCUT2D eigenvalue weighted by molar-refractivity contribution is -0.138. The summed E-state index contributed by atoms with van der Waals surface area (Å²) in [6, 6.07) is -0.673. The molecule has 0 aromatic heterocycles. The Bertz CT molecular complexity index is 428. The second kappa shape index (κ2) is 10.00. The predicted octanol–water partition coefficient (Wildman–Crippen LogP) is 1.44. The smallest absolute Gasteiger partial charge is 0.314 e. The van der Waals surface area contributed by atoms with Crippen LogP contribution in [0.1, 0.15) is 45.4 Å². The lowest BCUT2D eigenvalue weighted by Crippen LogP contribution is -2.41. The minimum Gasteiger partial charge on any atom is -0.481 e. The van der Waals surface area contributed by atoms with Crippen molar-refractivity contribution >= 4 is 18.0 Å². The molecule has 0 atom stereocenters. The number of carboxylic acid groups (broad SMARTS) is 1. The van der Waals surface area contributed by atoms with Crippen molar-refractivity contribution in [3.8, 4) is 0 Å². The average molecular weight is 342 g/mol. The number of nitrogens with two attached hydrogens (primary N) is 2. The fourth-order valence-electron chi connectivity index (χ4n) is 3.17. The highest BCUT2D eigenvalue weighted by Crippen LogP contribution is 2.20. The molecule has 4 amide bonds. The first-order valence-corrected chi connectivity index (χ1v) is 8.64. The quantitative estimate of drug-likeness (QED) is 0.716. The van der Waals surface area contributed by atoms with Gasteiger partial charge in [-0.1, -0.05) is 13.3 Å². The number of carboxylic acids is 1. The Labute approximate surface area is 143 Å². The summed E-state index contributed by atoms with van der Waals surface area (Å²) in [5, 5.41) is 8.54. The number of nitrogens with zero attached hydrogens (tertiary/aromatic N) is 2. The van der Waals surface area contributed by atoms with Gasteiger partial charge in [0.05, 0.1) is 0 Å². The number of urea groups is 2. The largest absolute Gasteiger partial charge is 0.481 e. The van der Waals surface area contributed by atoms with Gasteiger partial charge in [0, 0.05) is 32.6 Å². The van der Waals surface area contributed by atoms with Crippen molar-refractivity contribution in [1.29, 1.82) is 0 Å². The van der Waals surface area contributed by atoms with Crippen LogP contribution in [-0.2, 0) is 4.79 Å². The number of rotatable bonds is 3. The molecule has 8 heteroatoms. The number of hydrogen-bond acceptors (Lipinski definition) is 3. The number of carbonyl (C=O) groups is 3. The third kappa shape index (κ3) is 7.06. The van der Waals surface area contributed by atoms with Crippen molar-refractivity contribution in [3.63, 3.8) is 0 Å². The summed E-state index contributed by atoms with van der Waals surface area (Å²) in [5.41, 5.74) is 10.2. The molecule has 8 nitrogen and oxygen atoms in total. The van der Waals surface area contributed by atoms with E-state index in [1.54, 1.807) is 9.80 Å². The normalized spacial score (nSPS) is 19.4. The number of aliphatic carboxylic acids is 1. The maximum Gasteiger partial charge on any atom is 0.314 e. The van der Waals surface area contributed by atoms with Crippen LogP contribution in [0.4, 0.5) is 9.59 Å². The molecule has 0 unspecified atom stereocenters. The minimum atomic E-state index is -0.766. The Hall–Kier alpha value is -1.99. The summed E-state index contributed by atoms with van der Waals surface area (Å²) in [5.74, 6) is 0.247. The summed E-state index contributed by atoms with van der Waals surface area (Å²) in [4.78, 5) is 35.1. The van der Waals surface area contributed by atoms with Crippen molar-refractivity contribution in [1.82, 2.24) is 9.80 Å². The zero-order valence-electron chi connectivity index (χ0n) is 14.4. The second-order valence-electron chi connectivity index (χ2n) is 6.54. The fourth-order valence-corrected chi connectivity index (χ4v) is 3.17. The lowest BCUT2D eigenvalue weighted by atomic mass is 9.94. The zero-order valence-corrected chi connectivity index (χ0v) is 14.4. The molecule has 2 fully saturated rings. The summed E-state index contributed by atoms with van der Waals surface area (Å²) in [6.07, 6.45) is 5.17. The maximum atomic E-state index is 10.7. The molecule has 0 saturated carbocycles. The lowest BCUT2D eigenvalue weighted by Gasteiger charge is -2.29. The molecule has 138 valence electrons. The van der Waals surface area contributed by atoms with Crippen molar-refractivity contribution in [3.05, 3.63) is 0 Å².